The normalized spacial score (nSPS) is 21.0. The molecule has 0 aromatic heterocycles. The Hall–Kier alpha value is -4.00. The van der Waals surface area contributed by atoms with Crippen molar-refractivity contribution >= 4 is 12.0 Å². The van der Waals surface area contributed by atoms with Crippen LogP contribution in [-0.2, 0) is 27.1 Å². The van der Waals surface area contributed by atoms with Gasteiger partial charge in [-0.15, -0.1) is 0 Å². The Kier molecular flexibility index (Phi) is 12.9. The van der Waals surface area contributed by atoms with Crippen molar-refractivity contribution in [1.82, 2.24) is 15.5 Å². The van der Waals surface area contributed by atoms with E-state index < -0.39 is 47.9 Å². The Bertz CT molecular complexity index is 1530. The van der Waals surface area contributed by atoms with Gasteiger partial charge in [-0.2, -0.15) is 0 Å². The molecule has 6 atom stereocenters. The van der Waals surface area contributed by atoms with Crippen molar-refractivity contribution in [3.63, 3.8) is 0 Å². The summed E-state index contributed by atoms with van der Waals surface area (Å²) in [6, 6.07) is 22.5. The largest absolute Gasteiger partial charge is 0.492 e. The lowest BCUT2D eigenvalue weighted by Gasteiger charge is -2.30. The van der Waals surface area contributed by atoms with E-state index in [4.69, 9.17) is 19.9 Å². The average molecular weight is 689 g/mol. The maximum atomic E-state index is 14.1. The average Bonchev–Trinajstić information content (AvgIpc) is 3.33. The van der Waals surface area contributed by atoms with E-state index in [9.17, 15) is 19.8 Å². The van der Waals surface area contributed by atoms with E-state index in [2.05, 4.69) is 15.5 Å². The van der Waals surface area contributed by atoms with Crippen molar-refractivity contribution in [3.8, 4) is 5.75 Å². The van der Waals surface area contributed by atoms with E-state index in [1.54, 1.807) is 20.8 Å². The second kappa shape index (κ2) is 17.3. The Balaban J connectivity index is 1.32. The predicted molar refractivity (Wildman–Crippen MR) is 191 cm³/mol. The van der Waals surface area contributed by atoms with Gasteiger partial charge < -0.3 is 40.8 Å². The lowest BCUT2D eigenvalue weighted by molar-refractivity contribution is -0.127. The van der Waals surface area contributed by atoms with Crippen molar-refractivity contribution in [1.29, 1.82) is 0 Å². The highest BCUT2D eigenvalue weighted by Gasteiger charge is 2.40. The number of morpholine rings is 1. The highest BCUT2D eigenvalue weighted by atomic mass is 16.6. The van der Waals surface area contributed by atoms with Crippen LogP contribution in [0.25, 0.3) is 0 Å². The lowest BCUT2D eigenvalue weighted by atomic mass is 9.88. The maximum Gasteiger partial charge on any atom is 0.407 e. The first-order valence-corrected chi connectivity index (χ1v) is 17.5. The lowest BCUT2D eigenvalue weighted by Crippen LogP contribution is -2.48. The first-order valence-electron chi connectivity index (χ1n) is 17.5. The molecular formula is C39H52N4O7. The predicted octanol–water partition coefficient (Wildman–Crippen LogP) is 3.68. The smallest absolute Gasteiger partial charge is 0.407 e. The van der Waals surface area contributed by atoms with E-state index in [0.717, 1.165) is 60.9 Å². The van der Waals surface area contributed by atoms with Gasteiger partial charge in [0.25, 0.3) is 0 Å². The molecule has 1 saturated heterocycles. The molecule has 2 amide bonds. The summed E-state index contributed by atoms with van der Waals surface area (Å²) in [4.78, 5) is 29.3. The quantitative estimate of drug-likeness (QED) is 0.171. The SMILES string of the molecule is CC(C)(C)OC(=O)N[C@@H](Cc1ccccc1)[C@@H](O)C[C@@H](Cc1ccc(OCCN2CCOCC2)cc1)C(=O)N[C@H]1c2ccccc2[C@@H](N)[C@H]1O. The molecule has 0 radical (unpaired) electrons. The van der Waals surface area contributed by atoms with Gasteiger partial charge in [-0.05, 0) is 74.4 Å². The number of nitrogens with one attached hydrogen (secondary N) is 2. The molecule has 5 rings (SSSR count). The van der Waals surface area contributed by atoms with E-state index in [1.807, 2.05) is 78.9 Å². The van der Waals surface area contributed by atoms with E-state index in [-0.39, 0.29) is 12.3 Å². The van der Waals surface area contributed by atoms with Gasteiger partial charge >= 0.3 is 6.09 Å². The van der Waals surface area contributed by atoms with Crippen molar-refractivity contribution in [2.24, 2.45) is 11.7 Å². The van der Waals surface area contributed by atoms with Crippen LogP contribution in [0.2, 0.25) is 0 Å². The molecule has 50 heavy (non-hydrogen) atoms. The van der Waals surface area contributed by atoms with Gasteiger partial charge in [0.2, 0.25) is 5.91 Å². The third-order valence-corrected chi connectivity index (χ3v) is 9.24. The summed E-state index contributed by atoms with van der Waals surface area (Å²) in [7, 11) is 0. The molecule has 0 saturated carbocycles. The molecule has 2 aliphatic rings. The first-order chi connectivity index (χ1) is 24.0. The highest BCUT2D eigenvalue weighted by Crippen LogP contribution is 2.38. The Morgan fingerprint density at radius 2 is 1.58 bits per heavy atom. The third-order valence-electron chi connectivity index (χ3n) is 9.24. The van der Waals surface area contributed by atoms with Crippen molar-refractivity contribution < 1.29 is 34.0 Å². The topological polar surface area (TPSA) is 156 Å². The summed E-state index contributed by atoms with van der Waals surface area (Å²) in [6.07, 6.45) is -2.09. The summed E-state index contributed by atoms with van der Waals surface area (Å²) >= 11 is 0. The molecule has 0 unspecified atom stereocenters. The van der Waals surface area contributed by atoms with Crippen LogP contribution in [0, 0.1) is 5.92 Å². The molecule has 0 bridgehead atoms. The highest BCUT2D eigenvalue weighted by molar-refractivity contribution is 5.80. The van der Waals surface area contributed by atoms with E-state index in [1.165, 1.54) is 0 Å². The fraction of sp³-hybridized carbons (Fsp3) is 0.487. The number of benzene rings is 3. The molecule has 1 heterocycles. The number of hydrogen-bond acceptors (Lipinski definition) is 9. The number of aliphatic hydroxyl groups excluding tert-OH is 2. The molecular weight excluding hydrogens is 636 g/mol. The number of carbonyl (C=O) groups excluding carboxylic acids is 2. The summed E-state index contributed by atoms with van der Waals surface area (Å²) in [5.41, 5.74) is 8.94. The standard InChI is InChI=1S/C39H52N4O7/c1-39(2,3)50-38(47)41-32(24-26-9-5-4-6-10-26)33(44)25-28(37(46)42-35-31-12-8-7-11-30(31)34(40)36(35)45)23-27-13-15-29(16-14-27)49-22-19-43-17-20-48-21-18-43/h4-16,28,32-36,44-45H,17-25,40H2,1-3H3,(H,41,47)(H,42,46)/t28-,32+,33+,34-,35+,36-/m1/s1. The number of alkyl carbamates (subject to hydrolysis) is 1. The number of nitrogens with zero attached hydrogens (tertiary/aromatic N) is 1. The number of hydrogen-bond donors (Lipinski definition) is 5. The summed E-state index contributed by atoms with van der Waals surface area (Å²) in [5.74, 6) is -0.321. The number of fused-ring (bicyclic) bond motifs is 1. The monoisotopic (exact) mass is 688 g/mol. The number of ether oxygens (including phenoxy) is 3. The minimum absolute atomic E-state index is 0.0352. The molecule has 0 spiro atoms. The molecule has 1 fully saturated rings. The number of amides is 2. The van der Waals surface area contributed by atoms with E-state index >= 15 is 0 Å². The first kappa shape index (κ1) is 37.3. The number of aliphatic hydroxyl groups is 2. The van der Waals surface area contributed by atoms with Crippen LogP contribution < -0.4 is 21.1 Å². The van der Waals surface area contributed by atoms with Gasteiger partial charge in [-0.25, -0.2) is 4.79 Å². The van der Waals surface area contributed by atoms with Crippen molar-refractivity contribution in [3.05, 3.63) is 101 Å². The molecule has 270 valence electrons. The summed E-state index contributed by atoms with van der Waals surface area (Å²) in [5, 5.41) is 28.7. The van der Waals surface area contributed by atoms with Crippen LogP contribution in [0.3, 0.4) is 0 Å². The zero-order valence-corrected chi connectivity index (χ0v) is 29.3. The minimum Gasteiger partial charge on any atom is -0.492 e. The maximum absolute atomic E-state index is 14.1. The van der Waals surface area contributed by atoms with Gasteiger partial charge in [0.1, 0.15) is 18.0 Å². The van der Waals surface area contributed by atoms with Gasteiger partial charge in [0, 0.05) is 25.6 Å². The molecule has 6 N–H and O–H groups in total. The second-order valence-corrected chi connectivity index (χ2v) is 14.2. The zero-order chi connectivity index (χ0) is 35.7. The van der Waals surface area contributed by atoms with Crippen LogP contribution in [0.5, 0.6) is 5.75 Å². The second-order valence-electron chi connectivity index (χ2n) is 14.2. The number of rotatable bonds is 14. The molecule has 3 aromatic rings. The van der Waals surface area contributed by atoms with Crippen LogP contribution in [-0.4, -0.2) is 90.4 Å². The molecule has 11 nitrogen and oxygen atoms in total. The zero-order valence-electron chi connectivity index (χ0n) is 29.3. The molecule has 11 heteroatoms. The number of carbonyl (C=O) groups is 2. The third kappa shape index (κ3) is 10.5. The van der Waals surface area contributed by atoms with Crippen molar-refractivity contribution in [2.75, 3.05) is 39.5 Å². The van der Waals surface area contributed by atoms with Gasteiger partial charge in [-0.3, -0.25) is 9.69 Å². The fourth-order valence-corrected chi connectivity index (χ4v) is 6.58. The summed E-state index contributed by atoms with van der Waals surface area (Å²) < 4.78 is 16.9. The molecule has 1 aliphatic heterocycles. The Labute approximate surface area is 295 Å². The van der Waals surface area contributed by atoms with Gasteiger partial charge in [0.05, 0.1) is 43.5 Å². The Morgan fingerprint density at radius 3 is 2.26 bits per heavy atom. The van der Waals surface area contributed by atoms with Gasteiger partial charge in [0.15, 0.2) is 0 Å². The minimum atomic E-state index is -1.11. The number of nitrogens with two attached hydrogens (primary N) is 1. The van der Waals surface area contributed by atoms with Crippen LogP contribution in [0.1, 0.15) is 61.5 Å². The fourth-order valence-electron chi connectivity index (χ4n) is 6.58. The van der Waals surface area contributed by atoms with Crippen LogP contribution in [0.4, 0.5) is 4.79 Å². The van der Waals surface area contributed by atoms with Crippen molar-refractivity contribution in [2.45, 2.75) is 76.0 Å². The Morgan fingerprint density at radius 1 is 0.940 bits per heavy atom. The van der Waals surface area contributed by atoms with Crippen LogP contribution >= 0.6 is 0 Å². The summed E-state index contributed by atoms with van der Waals surface area (Å²) in [6.45, 7) is 9.96. The van der Waals surface area contributed by atoms with E-state index in [0.29, 0.717) is 19.4 Å². The molecule has 3 aromatic carbocycles. The van der Waals surface area contributed by atoms with Crippen LogP contribution in [0.15, 0.2) is 78.9 Å². The molecule has 1 aliphatic carbocycles. The van der Waals surface area contributed by atoms with Gasteiger partial charge in [-0.1, -0.05) is 66.7 Å².